The largest absolute Gasteiger partial charge is 0.383 e. The molecule has 0 aromatic heterocycles. The highest BCUT2D eigenvalue weighted by Gasteiger charge is 2.47. The van der Waals surface area contributed by atoms with Gasteiger partial charge in [-0.2, -0.15) is 0 Å². The Bertz CT molecular complexity index is 1370. The second-order valence-corrected chi connectivity index (χ2v) is 20.0. The van der Waals surface area contributed by atoms with Gasteiger partial charge < -0.3 is 5.11 Å². The molecule has 44 heavy (non-hydrogen) atoms. The Hall–Kier alpha value is -1.84. The third kappa shape index (κ3) is 7.10. The van der Waals surface area contributed by atoms with Crippen LogP contribution in [0.5, 0.6) is 0 Å². The Morgan fingerprint density at radius 3 is 2.20 bits per heavy atom. The van der Waals surface area contributed by atoms with Gasteiger partial charge in [-0.15, -0.1) is 0 Å². The van der Waals surface area contributed by atoms with Crippen molar-refractivity contribution in [3.05, 3.63) is 95.1 Å². The Labute approximate surface area is 275 Å². The first kappa shape index (κ1) is 32.1. The summed E-state index contributed by atoms with van der Waals surface area (Å²) in [5, 5.41) is 11.6. The predicted octanol–water partition coefficient (Wildman–Crippen LogP) is 9.43. The molecule has 5 heteroatoms. The van der Waals surface area contributed by atoms with E-state index in [9.17, 15) is 9.90 Å². The van der Waals surface area contributed by atoms with E-state index in [-0.39, 0.29) is 31.8 Å². The number of aliphatic hydroxyl groups excluding tert-OH is 1. The van der Waals surface area contributed by atoms with Gasteiger partial charge in [0.2, 0.25) is 5.78 Å². The van der Waals surface area contributed by atoms with Gasteiger partial charge in [0.25, 0.3) is 0 Å². The molecule has 0 radical (unpaired) electrons. The molecule has 1 saturated carbocycles. The normalized spacial score (nSPS) is 22.9. The fraction of sp³-hybridized carbons (Fsp3) is 0.513. The topological polar surface area (TPSA) is 37.3 Å². The molecule has 3 fully saturated rings. The minimum Gasteiger partial charge on any atom is -0.383 e. The third-order valence-electron chi connectivity index (χ3n) is 10.3. The molecular weight excluding hydrogens is 597 g/mol. The maximum absolute atomic E-state index is 13.6. The fourth-order valence-corrected chi connectivity index (χ4v) is 14.0. The van der Waals surface area contributed by atoms with Crippen LogP contribution in [-0.2, 0) is 21.8 Å². The summed E-state index contributed by atoms with van der Waals surface area (Å²) in [7, 11) is 0.296. The molecule has 2 aliphatic heterocycles. The highest BCUT2D eigenvalue weighted by molar-refractivity contribution is 7.99. The van der Waals surface area contributed by atoms with Crippen molar-refractivity contribution in [3.63, 3.8) is 0 Å². The molecule has 6 rings (SSSR count). The Balaban J connectivity index is 1.06. The van der Waals surface area contributed by atoms with Crippen LogP contribution >= 0.6 is 11.8 Å². The quantitative estimate of drug-likeness (QED) is 0.177. The van der Waals surface area contributed by atoms with Crippen molar-refractivity contribution in [1.82, 2.24) is 0 Å². The van der Waals surface area contributed by atoms with Crippen LogP contribution in [0.4, 0.5) is 0 Å². The van der Waals surface area contributed by atoms with E-state index in [1.807, 2.05) is 0 Å². The SMILES string of the molecule is CC(C(=O)c1ccc(C2CCCCC2)cc1)[S+]1CCCC1c1c#cc(Sc2ccc(C(O)C(C)(C)[S+]3CCCC3)cc2)cc1. The van der Waals surface area contributed by atoms with E-state index in [0.29, 0.717) is 17.0 Å². The van der Waals surface area contributed by atoms with Crippen LogP contribution < -0.4 is 0 Å². The Morgan fingerprint density at radius 2 is 1.55 bits per heavy atom. The maximum atomic E-state index is 13.6. The number of ketones is 1. The average molecular weight is 645 g/mol. The summed E-state index contributed by atoms with van der Waals surface area (Å²) in [5.41, 5.74) is 4.51. The lowest BCUT2D eigenvalue weighted by Crippen LogP contribution is -2.39. The van der Waals surface area contributed by atoms with Gasteiger partial charge in [0, 0.05) is 27.8 Å². The second-order valence-electron chi connectivity index (χ2n) is 13.5. The van der Waals surface area contributed by atoms with Gasteiger partial charge in [0.15, 0.2) is 15.2 Å². The van der Waals surface area contributed by atoms with Gasteiger partial charge >= 0.3 is 0 Å². The van der Waals surface area contributed by atoms with Crippen LogP contribution in [0, 0.1) is 12.1 Å². The van der Waals surface area contributed by atoms with Gasteiger partial charge in [-0.1, -0.05) is 79.6 Å². The van der Waals surface area contributed by atoms with Crippen LogP contribution in [0.3, 0.4) is 0 Å². The summed E-state index contributed by atoms with van der Waals surface area (Å²) in [6.07, 6.45) is 11.1. The molecule has 2 heterocycles. The smallest absolute Gasteiger partial charge is 0.214 e. The maximum Gasteiger partial charge on any atom is 0.214 e. The standard InChI is InChI=1S/C39H48O2S3/c1-28(37(40)32-15-13-30(14-16-32)29-10-5-4-6-11-29)44-27-9-12-36(44)31-17-21-34(22-18-31)42-35-23-19-33(20-24-35)38(41)39(2,3)43-25-7-8-26-43/h13-17,19-21,23-24,28-29,36,38,41H,4-12,25-27H2,1-3H3/q+2. The van der Waals surface area contributed by atoms with Gasteiger partial charge in [-0.3, -0.25) is 4.79 Å². The summed E-state index contributed by atoms with van der Waals surface area (Å²) in [6.45, 7) is 6.63. The average Bonchev–Trinajstić information content (AvgIpc) is 3.79. The highest BCUT2D eigenvalue weighted by atomic mass is 32.2. The van der Waals surface area contributed by atoms with Gasteiger partial charge in [-0.05, 0) is 105 Å². The van der Waals surface area contributed by atoms with E-state index in [2.05, 4.69) is 93.6 Å². The molecular formula is C39H48O2S3+2. The van der Waals surface area contributed by atoms with Crippen LogP contribution in [-0.4, -0.2) is 38.1 Å². The monoisotopic (exact) mass is 644 g/mol. The number of benzene rings is 2. The molecule has 2 nitrogen and oxygen atoms in total. The first-order valence-electron chi connectivity index (χ1n) is 16.7. The first-order valence-corrected chi connectivity index (χ1v) is 20.6. The van der Waals surface area contributed by atoms with Crippen LogP contribution in [0.15, 0.2) is 70.5 Å². The number of hydrogen-bond acceptors (Lipinski definition) is 3. The highest BCUT2D eigenvalue weighted by Crippen LogP contribution is 2.41. The number of aliphatic hydroxyl groups is 1. The van der Waals surface area contributed by atoms with E-state index in [1.54, 1.807) is 11.8 Å². The summed E-state index contributed by atoms with van der Waals surface area (Å²) < 4.78 is -0.0796. The fourth-order valence-electron chi connectivity index (χ4n) is 7.41. The van der Waals surface area contributed by atoms with Crippen LogP contribution in [0.1, 0.15) is 123 Å². The molecule has 3 aliphatic rings. The van der Waals surface area contributed by atoms with Gasteiger partial charge in [0.1, 0.15) is 23.4 Å². The van der Waals surface area contributed by atoms with E-state index in [1.165, 1.54) is 74.0 Å². The molecule has 1 N–H and O–H groups in total. The predicted molar refractivity (Wildman–Crippen MR) is 190 cm³/mol. The van der Waals surface area contributed by atoms with Crippen molar-refractivity contribution in [2.24, 2.45) is 0 Å². The third-order valence-corrected chi connectivity index (χ3v) is 17.6. The van der Waals surface area contributed by atoms with Crippen molar-refractivity contribution in [2.75, 3.05) is 17.3 Å². The summed E-state index contributed by atoms with van der Waals surface area (Å²) >= 11 is 1.69. The molecule has 0 amide bonds. The van der Waals surface area contributed by atoms with E-state index >= 15 is 0 Å². The van der Waals surface area contributed by atoms with Crippen molar-refractivity contribution in [3.8, 4) is 0 Å². The van der Waals surface area contributed by atoms with Crippen molar-refractivity contribution in [2.45, 2.75) is 116 Å². The van der Waals surface area contributed by atoms with Crippen molar-refractivity contribution in [1.29, 1.82) is 0 Å². The Morgan fingerprint density at radius 1 is 0.841 bits per heavy atom. The number of carbonyl (C=O) groups excluding carboxylic acids is 1. The molecule has 3 aromatic carbocycles. The summed E-state index contributed by atoms with van der Waals surface area (Å²) in [4.78, 5) is 15.8. The van der Waals surface area contributed by atoms with E-state index in [0.717, 1.165) is 33.1 Å². The number of rotatable bonds is 10. The summed E-state index contributed by atoms with van der Waals surface area (Å²) in [5.74, 6) is 4.60. The molecule has 0 bridgehead atoms. The van der Waals surface area contributed by atoms with Crippen molar-refractivity contribution >= 4 is 39.3 Å². The van der Waals surface area contributed by atoms with Crippen LogP contribution in [0.25, 0.3) is 0 Å². The lowest BCUT2D eigenvalue weighted by Gasteiger charge is -2.29. The molecule has 4 atom stereocenters. The van der Waals surface area contributed by atoms with Gasteiger partial charge in [-0.25, -0.2) is 0 Å². The molecule has 4 unspecified atom stereocenters. The second kappa shape index (κ2) is 14.3. The van der Waals surface area contributed by atoms with Gasteiger partial charge in [0.05, 0.1) is 10.5 Å². The zero-order valence-electron chi connectivity index (χ0n) is 26.6. The first-order chi connectivity index (χ1) is 21.3. The van der Waals surface area contributed by atoms with E-state index < -0.39 is 6.10 Å². The lowest BCUT2D eigenvalue weighted by molar-refractivity contribution is 0.0993. The Kier molecular flexibility index (Phi) is 10.4. The van der Waals surface area contributed by atoms with Crippen molar-refractivity contribution < 1.29 is 9.90 Å². The van der Waals surface area contributed by atoms with E-state index in [4.69, 9.17) is 0 Å². The zero-order chi connectivity index (χ0) is 30.7. The molecule has 0 spiro atoms. The minimum absolute atomic E-state index is 0.00780. The molecule has 3 aromatic rings. The number of hydrogen-bond donors (Lipinski definition) is 1. The molecule has 2 saturated heterocycles. The minimum atomic E-state index is -0.433. The van der Waals surface area contributed by atoms with Crippen LogP contribution in [0.2, 0.25) is 0 Å². The summed E-state index contributed by atoms with van der Waals surface area (Å²) in [6, 6.07) is 28.4. The zero-order valence-corrected chi connectivity index (χ0v) is 29.1. The molecule has 232 valence electrons. The number of Topliss-reactive ketones (excluding diaryl/α,β-unsaturated/α-hetero) is 1. The lowest BCUT2D eigenvalue weighted by atomic mass is 9.84. The molecule has 1 aliphatic carbocycles. The number of carbonyl (C=O) groups is 1.